The maximum Gasteiger partial charge on any atom is 0.252 e. The van der Waals surface area contributed by atoms with Crippen molar-refractivity contribution in [3.63, 3.8) is 0 Å². The Balaban J connectivity index is 2.31. The molecule has 0 saturated carbocycles. The number of hydrogen-bond acceptors (Lipinski definition) is 7. The van der Waals surface area contributed by atoms with Crippen molar-refractivity contribution < 1.29 is 19.1 Å². The number of carbonyl (C=O) groups is 2. The second-order valence-corrected chi connectivity index (χ2v) is 7.25. The molecule has 0 saturated heterocycles. The zero-order valence-corrected chi connectivity index (χ0v) is 18.1. The van der Waals surface area contributed by atoms with E-state index in [0.29, 0.717) is 22.7 Å². The van der Waals surface area contributed by atoms with Crippen LogP contribution in [-0.2, 0) is 9.59 Å². The van der Waals surface area contributed by atoms with E-state index in [2.05, 4.69) is 16.0 Å². The summed E-state index contributed by atoms with van der Waals surface area (Å²) in [5, 5.41) is 35.7. The lowest BCUT2D eigenvalue weighted by molar-refractivity contribution is -0.114. The summed E-state index contributed by atoms with van der Waals surface area (Å²) in [7, 11) is 0. The summed E-state index contributed by atoms with van der Waals surface area (Å²) in [5.41, 5.74) is 5.81. The molecular weight excluding hydrogens is 451 g/mol. The van der Waals surface area contributed by atoms with Crippen LogP contribution in [0.5, 0.6) is 0 Å². The average molecular weight is 473 g/mol. The van der Waals surface area contributed by atoms with E-state index < -0.39 is 24.4 Å². The highest BCUT2D eigenvalue weighted by Gasteiger charge is 2.22. The third kappa shape index (κ3) is 7.03. The van der Waals surface area contributed by atoms with Crippen LogP contribution in [0.1, 0.15) is 11.1 Å². The van der Waals surface area contributed by atoms with E-state index in [1.165, 1.54) is 18.2 Å². The predicted octanol–water partition coefficient (Wildman–Crippen LogP) is 1.27. The van der Waals surface area contributed by atoms with Gasteiger partial charge >= 0.3 is 0 Å². The van der Waals surface area contributed by atoms with E-state index in [1.807, 2.05) is 0 Å². The van der Waals surface area contributed by atoms with Gasteiger partial charge in [0.2, 0.25) is 6.41 Å². The molecule has 0 spiro atoms. The summed E-state index contributed by atoms with van der Waals surface area (Å²) < 4.78 is 13.8. The first-order chi connectivity index (χ1) is 15.8. The number of aliphatic hydroxyl groups excluding tert-OH is 1. The molecule has 0 radical (unpaired) electrons. The van der Waals surface area contributed by atoms with Crippen LogP contribution in [0, 0.1) is 22.6 Å². The molecule has 2 aromatic carbocycles. The second kappa shape index (κ2) is 12.2. The molecule has 0 aliphatic heterocycles. The highest BCUT2D eigenvalue weighted by atomic mass is 35.5. The number of aliphatic hydroxyl groups is 1. The Labute approximate surface area is 194 Å². The average Bonchev–Trinajstić information content (AvgIpc) is 2.79. The topological polar surface area (TPSA) is 164 Å². The Kier molecular flexibility index (Phi) is 9.35. The molecule has 33 heavy (non-hydrogen) atoms. The van der Waals surface area contributed by atoms with Crippen LogP contribution < -0.4 is 21.7 Å². The molecule has 1 unspecified atom stereocenters. The number of nitrogens with two attached hydrogens (primary N) is 1. The minimum absolute atomic E-state index is 0.0724. The van der Waals surface area contributed by atoms with Crippen molar-refractivity contribution in [1.29, 1.82) is 10.7 Å². The van der Waals surface area contributed by atoms with E-state index in [0.717, 1.165) is 6.07 Å². The van der Waals surface area contributed by atoms with Crippen molar-refractivity contribution in [1.82, 2.24) is 10.6 Å². The summed E-state index contributed by atoms with van der Waals surface area (Å²) in [6.45, 7) is -0.511. The smallest absolute Gasteiger partial charge is 0.252 e. The Morgan fingerprint density at radius 1 is 1.33 bits per heavy atom. The lowest BCUT2D eigenvalue weighted by Crippen LogP contribution is -2.42. The summed E-state index contributed by atoms with van der Waals surface area (Å²) in [5.74, 6) is -1.62. The van der Waals surface area contributed by atoms with E-state index in [1.54, 1.807) is 24.3 Å². The summed E-state index contributed by atoms with van der Waals surface area (Å²) >= 11 is 5.98. The molecule has 0 fully saturated rings. The quantitative estimate of drug-likeness (QED) is 0.155. The number of hydrogen-bond donors (Lipinski definition) is 6. The number of rotatable bonds is 12. The van der Waals surface area contributed by atoms with E-state index in [-0.39, 0.29) is 35.6 Å². The van der Waals surface area contributed by atoms with Crippen molar-refractivity contribution in [2.75, 3.05) is 25.0 Å². The fraction of sp³-hybridized carbons (Fsp3) is 0.182. The van der Waals surface area contributed by atoms with Crippen LogP contribution in [0.3, 0.4) is 0 Å². The van der Waals surface area contributed by atoms with Crippen LogP contribution in [0.15, 0.2) is 53.7 Å². The third-order valence-corrected chi connectivity index (χ3v) is 4.75. The van der Waals surface area contributed by atoms with Gasteiger partial charge in [-0.3, -0.25) is 15.0 Å². The van der Waals surface area contributed by atoms with E-state index in [4.69, 9.17) is 28.0 Å². The molecule has 9 nitrogen and oxygen atoms in total. The number of nitrogens with zero attached hydrogens (tertiary/aromatic N) is 1. The van der Waals surface area contributed by atoms with Gasteiger partial charge in [-0.05, 0) is 30.3 Å². The lowest BCUT2D eigenvalue weighted by Gasteiger charge is -2.23. The number of nitriles is 1. The minimum atomic E-state index is -0.922. The Hall–Kier alpha value is -3.94. The van der Waals surface area contributed by atoms with Gasteiger partial charge in [0, 0.05) is 28.5 Å². The van der Waals surface area contributed by atoms with Crippen LogP contribution in [0.4, 0.5) is 10.1 Å². The molecule has 11 heteroatoms. The maximum absolute atomic E-state index is 13.8. The van der Waals surface area contributed by atoms with Crippen molar-refractivity contribution in [3.8, 4) is 6.07 Å². The van der Waals surface area contributed by atoms with E-state index >= 15 is 0 Å². The van der Waals surface area contributed by atoms with Gasteiger partial charge in [0.25, 0.3) is 5.91 Å². The molecular formula is C22H22ClFN6O3. The standard InChI is InChI=1S/C22H22ClFN6O3/c23-15-3-1-2-13(6-15)21(26)20(22(27)33)19(10-28-12-32)30-17(11-31)9-29-16-5-4-14(8-25)18(24)7-16/h1-7,12,17,26,29-31H,9-11H2,(H2,27,33)(H,28,32)/b20-19+,26-21?. The first-order valence-electron chi connectivity index (χ1n) is 9.66. The Bertz CT molecular complexity index is 1120. The number of nitrogens with one attached hydrogen (secondary N) is 4. The number of primary amides is 1. The van der Waals surface area contributed by atoms with E-state index in [9.17, 15) is 19.1 Å². The van der Waals surface area contributed by atoms with Gasteiger partial charge in [0.1, 0.15) is 11.9 Å². The van der Waals surface area contributed by atoms with Crippen LogP contribution >= 0.6 is 11.6 Å². The molecule has 0 bridgehead atoms. The zero-order valence-electron chi connectivity index (χ0n) is 17.4. The number of carbonyl (C=O) groups excluding carboxylic acids is 2. The second-order valence-electron chi connectivity index (χ2n) is 6.81. The molecule has 172 valence electrons. The van der Waals surface area contributed by atoms with Gasteiger partial charge in [-0.15, -0.1) is 0 Å². The zero-order chi connectivity index (χ0) is 24.4. The monoisotopic (exact) mass is 472 g/mol. The number of benzene rings is 2. The number of anilines is 1. The van der Waals surface area contributed by atoms with Crippen molar-refractivity contribution in [2.45, 2.75) is 6.04 Å². The first-order valence-corrected chi connectivity index (χ1v) is 10.0. The van der Waals surface area contributed by atoms with Crippen molar-refractivity contribution in [3.05, 3.63) is 75.7 Å². The SMILES string of the molecule is N#Cc1ccc(NCC(CO)N/C(CNC=O)=C(\C(=N)c2cccc(Cl)c2)C(N)=O)cc1F. The Morgan fingerprint density at radius 2 is 2.09 bits per heavy atom. The number of halogens is 2. The first kappa shape index (κ1) is 25.3. The molecule has 1 atom stereocenters. The van der Waals surface area contributed by atoms with Crippen LogP contribution in [-0.4, -0.2) is 48.9 Å². The third-order valence-electron chi connectivity index (χ3n) is 4.51. The fourth-order valence-electron chi connectivity index (χ4n) is 2.93. The minimum Gasteiger partial charge on any atom is -0.394 e. The molecule has 2 amide bonds. The van der Waals surface area contributed by atoms with Crippen LogP contribution in [0.2, 0.25) is 5.02 Å². The normalized spacial score (nSPS) is 12.1. The molecule has 2 aromatic rings. The van der Waals surface area contributed by atoms with Gasteiger partial charge in [-0.1, -0.05) is 23.7 Å². The van der Waals surface area contributed by atoms with Gasteiger partial charge in [-0.2, -0.15) is 5.26 Å². The summed E-state index contributed by atoms with van der Waals surface area (Å²) in [6, 6.07) is 11.3. The van der Waals surface area contributed by atoms with Crippen LogP contribution in [0.25, 0.3) is 0 Å². The predicted molar refractivity (Wildman–Crippen MR) is 122 cm³/mol. The molecule has 0 aliphatic rings. The highest BCUT2D eigenvalue weighted by molar-refractivity contribution is 6.32. The van der Waals surface area contributed by atoms with Crippen molar-refractivity contribution in [2.24, 2.45) is 5.73 Å². The molecule has 0 aromatic heterocycles. The molecule has 0 heterocycles. The number of amides is 2. The molecule has 7 N–H and O–H groups in total. The molecule has 2 rings (SSSR count). The highest BCUT2D eigenvalue weighted by Crippen LogP contribution is 2.17. The van der Waals surface area contributed by atoms with Gasteiger partial charge in [0.05, 0.1) is 36.0 Å². The Morgan fingerprint density at radius 3 is 2.67 bits per heavy atom. The van der Waals surface area contributed by atoms with Crippen molar-refractivity contribution >= 4 is 35.3 Å². The lowest BCUT2D eigenvalue weighted by atomic mass is 9.99. The van der Waals surface area contributed by atoms with Gasteiger partial charge < -0.3 is 26.8 Å². The summed E-state index contributed by atoms with van der Waals surface area (Å²) in [6.07, 6.45) is 0.412. The maximum atomic E-state index is 13.8. The van der Waals surface area contributed by atoms with Gasteiger partial charge in [0.15, 0.2) is 0 Å². The summed E-state index contributed by atoms with van der Waals surface area (Å²) in [4.78, 5) is 23.1. The molecule has 0 aliphatic carbocycles. The van der Waals surface area contributed by atoms with Gasteiger partial charge in [-0.25, -0.2) is 4.39 Å². The largest absolute Gasteiger partial charge is 0.394 e. The fourth-order valence-corrected chi connectivity index (χ4v) is 3.12.